The van der Waals surface area contributed by atoms with Crippen LogP contribution in [0.4, 0.5) is 0 Å². The summed E-state index contributed by atoms with van der Waals surface area (Å²) in [5.74, 6) is 0. The Labute approximate surface area is 108 Å². The monoisotopic (exact) mass is 248 g/mol. The Kier molecular flexibility index (Phi) is 3.37. The molecule has 2 heterocycles. The molecule has 0 aromatic heterocycles. The van der Waals surface area contributed by atoms with Crippen molar-refractivity contribution in [2.24, 2.45) is 0 Å². The molecule has 2 fully saturated rings. The van der Waals surface area contributed by atoms with Crippen LogP contribution in [0.2, 0.25) is 0 Å². The molecule has 2 aliphatic heterocycles. The minimum atomic E-state index is -0.211. The Morgan fingerprint density at radius 3 is 3.00 bits per heavy atom. The maximum Gasteiger partial charge on any atom is 0.159 e. The van der Waals surface area contributed by atoms with Crippen LogP contribution in [0.5, 0.6) is 0 Å². The molecule has 2 saturated heterocycles. The molecule has 0 saturated carbocycles. The smallest absolute Gasteiger partial charge is 0.159 e. The van der Waals surface area contributed by atoms with Crippen molar-refractivity contribution in [2.45, 2.75) is 50.8 Å². The van der Waals surface area contributed by atoms with Gasteiger partial charge in [-0.15, -0.1) is 0 Å². The molecule has 0 spiro atoms. The number of benzene rings is 1. The Bertz CT molecular complexity index is 392. The number of ether oxygens (including phenoxy) is 3. The Balaban J connectivity index is 1.56. The van der Waals surface area contributed by atoms with E-state index >= 15 is 0 Å². The third-order valence-corrected chi connectivity index (χ3v) is 3.96. The van der Waals surface area contributed by atoms with Crippen molar-refractivity contribution in [1.29, 1.82) is 0 Å². The average Bonchev–Trinajstić information content (AvgIpc) is 2.61. The van der Waals surface area contributed by atoms with E-state index < -0.39 is 0 Å². The molecule has 0 radical (unpaired) electrons. The van der Waals surface area contributed by atoms with E-state index in [1.165, 1.54) is 12.0 Å². The van der Waals surface area contributed by atoms with E-state index in [2.05, 4.69) is 19.1 Å². The van der Waals surface area contributed by atoms with Gasteiger partial charge in [-0.1, -0.05) is 30.3 Å². The van der Waals surface area contributed by atoms with Gasteiger partial charge < -0.3 is 14.2 Å². The van der Waals surface area contributed by atoms with Gasteiger partial charge in [0.15, 0.2) is 6.29 Å². The van der Waals surface area contributed by atoms with E-state index in [9.17, 15) is 0 Å². The van der Waals surface area contributed by atoms with Gasteiger partial charge in [0.2, 0.25) is 0 Å². The van der Waals surface area contributed by atoms with Crippen LogP contribution in [-0.2, 0) is 20.8 Å². The summed E-state index contributed by atoms with van der Waals surface area (Å²) in [6.07, 6.45) is 3.36. The van der Waals surface area contributed by atoms with Gasteiger partial charge in [-0.3, -0.25) is 0 Å². The Morgan fingerprint density at radius 2 is 2.17 bits per heavy atom. The van der Waals surface area contributed by atoms with E-state index in [-0.39, 0.29) is 18.0 Å². The van der Waals surface area contributed by atoms with Crippen molar-refractivity contribution in [1.82, 2.24) is 0 Å². The van der Waals surface area contributed by atoms with E-state index in [1.54, 1.807) is 0 Å². The zero-order valence-corrected chi connectivity index (χ0v) is 10.8. The largest absolute Gasteiger partial charge is 0.374 e. The fourth-order valence-corrected chi connectivity index (χ4v) is 2.83. The Hall–Kier alpha value is -0.900. The summed E-state index contributed by atoms with van der Waals surface area (Å²) in [5.41, 5.74) is 0.991. The summed E-state index contributed by atoms with van der Waals surface area (Å²) in [4.78, 5) is 0. The third-order valence-electron chi connectivity index (χ3n) is 3.96. The summed E-state index contributed by atoms with van der Waals surface area (Å²) in [6.45, 7) is 3.36. The molecule has 0 aliphatic carbocycles. The van der Waals surface area contributed by atoms with Gasteiger partial charge in [0, 0.05) is 0 Å². The van der Waals surface area contributed by atoms with E-state index in [4.69, 9.17) is 14.2 Å². The summed E-state index contributed by atoms with van der Waals surface area (Å²) in [7, 11) is 0. The molecule has 3 rings (SSSR count). The summed E-state index contributed by atoms with van der Waals surface area (Å²) in [5, 5.41) is 0. The molecule has 3 atom stereocenters. The normalized spacial score (nSPS) is 34.7. The fraction of sp³-hybridized carbons (Fsp3) is 0.600. The molecule has 0 N–H and O–H groups in total. The van der Waals surface area contributed by atoms with Crippen LogP contribution in [0, 0.1) is 0 Å². The lowest BCUT2D eigenvalue weighted by Crippen LogP contribution is -2.44. The molecule has 0 amide bonds. The molecule has 2 aliphatic rings. The highest BCUT2D eigenvalue weighted by molar-refractivity contribution is 5.13. The van der Waals surface area contributed by atoms with Gasteiger partial charge in [0.1, 0.15) is 5.60 Å². The second-order valence-electron chi connectivity index (χ2n) is 5.26. The molecule has 3 nitrogen and oxygen atoms in total. The van der Waals surface area contributed by atoms with Gasteiger partial charge in [-0.2, -0.15) is 0 Å². The molecule has 18 heavy (non-hydrogen) atoms. The van der Waals surface area contributed by atoms with E-state index in [0.717, 1.165) is 12.8 Å². The van der Waals surface area contributed by atoms with Crippen molar-refractivity contribution in [2.75, 3.05) is 6.61 Å². The van der Waals surface area contributed by atoms with Crippen molar-refractivity contribution in [3.63, 3.8) is 0 Å². The quantitative estimate of drug-likeness (QED) is 0.820. The van der Waals surface area contributed by atoms with Gasteiger partial charge in [0.25, 0.3) is 0 Å². The Morgan fingerprint density at radius 1 is 1.33 bits per heavy atom. The first-order valence-electron chi connectivity index (χ1n) is 6.73. The zero-order valence-electron chi connectivity index (χ0n) is 10.8. The van der Waals surface area contributed by atoms with Gasteiger partial charge in [-0.05, 0) is 31.7 Å². The highest BCUT2D eigenvalue weighted by Crippen LogP contribution is 2.40. The summed E-state index contributed by atoms with van der Waals surface area (Å²) < 4.78 is 17.6. The third kappa shape index (κ3) is 2.30. The van der Waals surface area contributed by atoms with Crippen LogP contribution in [0.1, 0.15) is 31.7 Å². The van der Waals surface area contributed by atoms with Crippen LogP contribution in [0.25, 0.3) is 0 Å². The number of rotatable bonds is 4. The van der Waals surface area contributed by atoms with Crippen molar-refractivity contribution in [3.05, 3.63) is 35.9 Å². The lowest BCUT2D eigenvalue weighted by molar-refractivity contribution is -0.143. The summed E-state index contributed by atoms with van der Waals surface area (Å²) in [6, 6.07) is 10.2. The van der Waals surface area contributed by atoms with Crippen molar-refractivity contribution >= 4 is 0 Å². The van der Waals surface area contributed by atoms with E-state index in [0.29, 0.717) is 13.2 Å². The summed E-state index contributed by atoms with van der Waals surface area (Å²) >= 11 is 0. The van der Waals surface area contributed by atoms with E-state index in [1.807, 2.05) is 18.2 Å². The second kappa shape index (κ2) is 5.00. The number of fused-ring (bicyclic) bond motifs is 2. The first-order chi connectivity index (χ1) is 8.78. The van der Waals surface area contributed by atoms with Crippen LogP contribution in [0.15, 0.2) is 30.3 Å². The van der Waals surface area contributed by atoms with Crippen molar-refractivity contribution in [3.8, 4) is 0 Å². The van der Waals surface area contributed by atoms with Crippen molar-refractivity contribution < 1.29 is 14.2 Å². The number of hydrogen-bond donors (Lipinski definition) is 0. The molecular formula is C15H20O3. The number of hydrogen-bond acceptors (Lipinski definition) is 3. The standard InChI is InChI=1S/C15H20O3/c1-12-15(9-5-8-14(17-12)18-15)11-16-10-13-6-3-2-4-7-13/h2-4,6-7,12,14H,5,8-11H2,1H3/t12-,14-,15-/m1/s1. The van der Waals surface area contributed by atoms with Crippen LogP contribution < -0.4 is 0 Å². The highest BCUT2D eigenvalue weighted by atomic mass is 16.7. The zero-order chi connectivity index (χ0) is 12.4. The minimum absolute atomic E-state index is 0.00549. The molecule has 2 bridgehead atoms. The van der Waals surface area contributed by atoms with Crippen LogP contribution in [0.3, 0.4) is 0 Å². The van der Waals surface area contributed by atoms with Gasteiger partial charge in [0.05, 0.1) is 19.3 Å². The molecule has 98 valence electrons. The lowest BCUT2D eigenvalue weighted by Gasteiger charge is -2.33. The molecule has 1 aromatic carbocycles. The predicted octanol–water partition coefficient (Wildman–Crippen LogP) is 2.89. The first kappa shape index (κ1) is 12.2. The molecule has 3 heteroatoms. The maximum absolute atomic E-state index is 5.99. The molecular weight excluding hydrogens is 228 g/mol. The topological polar surface area (TPSA) is 27.7 Å². The van der Waals surface area contributed by atoms with Crippen LogP contribution >= 0.6 is 0 Å². The van der Waals surface area contributed by atoms with Gasteiger partial charge in [-0.25, -0.2) is 0 Å². The lowest BCUT2D eigenvalue weighted by atomic mass is 9.91. The first-order valence-corrected chi connectivity index (χ1v) is 6.73. The molecule has 1 aromatic rings. The minimum Gasteiger partial charge on any atom is -0.374 e. The second-order valence-corrected chi connectivity index (χ2v) is 5.26. The average molecular weight is 248 g/mol. The van der Waals surface area contributed by atoms with Crippen LogP contribution in [-0.4, -0.2) is 24.6 Å². The predicted molar refractivity (Wildman–Crippen MR) is 68.1 cm³/mol. The van der Waals surface area contributed by atoms with Gasteiger partial charge >= 0.3 is 0 Å². The SMILES string of the molecule is C[C@H]1O[C@H]2CCC[C@]1(COCc1ccccc1)O2. The molecule has 0 unspecified atom stereocenters. The highest BCUT2D eigenvalue weighted by Gasteiger charge is 2.50. The maximum atomic E-state index is 5.99. The fourth-order valence-electron chi connectivity index (χ4n) is 2.83.